The van der Waals surface area contributed by atoms with Crippen molar-refractivity contribution in [3.63, 3.8) is 0 Å². The summed E-state index contributed by atoms with van der Waals surface area (Å²) in [4.78, 5) is 78.1. The second-order valence-electron chi connectivity index (χ2n) is 12.5. The lowest BCUT2D eigenvalue weighted by atomic mass is 9.55. The van der Waals surface area contributed by atoms with Crippen LogP contribution in [-0.2, 0) is 37.1 Å². The van der Waals surface area contributed by atoms with Crippen molar-refractivity contribution in [2.75, 3.05) is 5.01 Å². The molecule has 3 amide bonds. The molecule has 3 aliphatic rings. The Morgan fingerprint density at radius 1 is 0.942 bits per heavy atom. The number of phenolic OH excluding ortho intramolecular Hbond substituents is 1. The van der Waals surface area contributed by atoms with Crippen molar-refractivity contribution in [3.8, 4) is 5.75 Å². The van der Waals surface area contributed by atoms with Gasteiger partial charge in [-0.15, -0.1) is 4.91 Å². The van der Waals surface area contributed by atoms with Crippen molar-refractivity contribution in [2.45, 2.75) is 44.2 Å². The van der Waals surface area contributed by atoms with Gasteiger partial charge in [0.25, 0.3) is 5.91 Å². The van der Waals surface area contributed by atoms with Gasteiger partial charge >= 0.3 is 12.2 Å². The Bertz CT molecular complexity index is 2070. The Hall–Kier alpha value is -6.39. The zero-order chi connectivity index (χ0) is 37.5. The standard InChI is InChI=1S/C36H32N4O12/c1-17-24-22(40(35(48)52-16-19-10-6-3-7-11-19)38-34(47)51-15-18-8-4-2-5-9-18)12-13-23(41)27(24)30(43)28-25(17)29(42)20-14-21(39-50)26(33(37)46)31(44)36(20,49)32(28)45/h2-13,17,20,25,29,41-43,49H,14-16H2,1H3,(H2,37,46)(H,38,47)/t17-,20+,25+,29+,36+/m0/s1. The molecule has 3 aliphatic carbocycles. The van der Waals surface area contributed by atoms with Crippen LogP contribution in [0.3, 0.4) is 0 Å². The van der Waals surface area contributed by atoms with Crippen LogP contribution in [0.25, 0.3) is 5.76 Å². The van der Waals surface area contributed by atoms with E-state index in [1.54, 1.807) is 60.7 Å². The molecular weight excluding hydrogens is 680 g/mol. The molecule has 6 rings (SSSR count). The number of ketones is 2. The number of Topliss-reactive ketones (excluding diaryl/α,β-unsaturated/α-hetero) is 2. The van der Waals surface area contributed by atoms with Crippen LogP contribution in [0.4, 0.5) is 15.3 Å². The van der Waals surface area contributed by atoms with Crippen LogP contribution in [0, 0.1) is 16.7 Å². The van der Waals surface area contributed by atoms with E-state index in [9.17, 15) is 49.3 Å². The van der Waals surface area contributed by atoms with E-state index in [4.69, 9.17) is 15.2 Å². The van der Waals surface area contributed by atoms with Crippen molar-refractivity contribution >= 4 is 41.1 Å². The van der Waals surface area contributed by atoms with Gasteiger partial charge in [0.2, 0.25) is 11.6 Å². The lowest BCUT2D eigenvalue weighted by Gasteiger charge is -2.50. The number of anilines is 1. The number of benzene rings is 3. The van der Waals surface area contributed by atoms with Gasteiger partial charge in [0.15, 0.2) is 5.60 Å². The van der Waals surface area contributed by atoms with Gasteiger partial charge in [0.1, 0.15) is 36.0 Å². The molecule has 0 saturated heterocycles. The smallest absolute Gasteiger partial charge is 0.433 e. The van der Waals surface area contributed by atoms with Crippen LogP contribution >= 0.6 is 0 Å². The number of hydrogen-bond donors (Lipinski definition) is 6. The zero-order valence-electron chi connectivity index (χ0n) is 27.4. The van der Waals surface area contributed by atoms with Gasteiger partial charge in [-0.1, -0.05) is 67.6 Å². The average Bonchev–Trinajstić information content (AvgIpc) is 3.14. The Morgan fingerprint density at radius 3 is 2.12 bits per heavy atom. The fourth-order valence-electron chi connectivity index (χ4n) is 7.16. The lowest BCUT2D eigenvalue weighted by Crippen LogP contribution is -2.66. The summed E-state index contributed by atoms with van der Waals surface area (Å²) in [6.07, 6.45) is -4.81. The second kappa shape index (κ2) is 13.7. The maximum absolute atomic E-state index is 14.1. The molecule has 3 aromatic carbocycles. The summed E-state index contributed by atoms with van der Waals surface area (Å²) in [6.45, 7) is 1.05. The van der Waals surface area contributed by atoms with Gasteiger partial charge in [-0.25, -0.2) is 15.0 Å². The molecule has 0 spiro atoms. The van der Waals surface area contributed by atoms with Crippen LogP contribution in [-0.4, -0.2) is 61.8 Å². The quantitative estimate of drug-likeness (QED) is 0.0894. The highest BCUT2D eigenvalue weighted by Gasteiger charge is 2.66. The minimum Gasteiger partial charge on any atom is -0.507 e. The highest BCUT2D eigenvalue weighted by atomic mass is 16.6. The number of nitrogens with two attached hydrogens (primary N) is 1. The minimum atomic E-state index is -3.14. The van der Waals surface area contributed by atoms with Gasteiger partial charge in [0, 0.05) is 23.8 Å². The molecule has 0 aliphatic heterocycles. The van der Waals surface area contributed by atoms with E-state index >= 15 is 0 Å². The maximum Gasteiger partial charge on any atom is 0.433 e. The zero-order valence-corrected chi connectivity index (χ0v) is 27.4. The van der Waals surface area contributed by atoms with Gasteiger partial charge in [-0.05, 0) is 39.9 Å². The Morgan fingerprint density at radius 2 is 1.54 bits per heavy atom. The summed E-state index contributed by atoms with van der Waals surface area (Å²) in [7, 11) is 0. The first-order valence-corrected chi connectivity index (χ1v) is 15.9. The van der Waals surface area contributed by atoms with E-state index in [1.165, 1.54) is 13.0 Å². The van der Waals surface area contributed by atoms with Gasteiger partial charge in [-0.3, -0.25) is 14.4 Å². The number of aliphatic hydroxyl groups is 3. The summed E-state index contributed by atoms with van der Waals surface area (Å²) in [5.41, 5.74) is 2.69. The predicted molar refractivity (Wildman–Crippen MR) is 180 cm³/mol. The van der Waals surface area contributed by atoms with E-state index in [0.717, 1.165) is 6.07 Å². The number of carbonyl (C=O) groups excluding carboxylic acids is 5. The van der Waals surface area contributed by atoms with Crippen LogP contribution in [0.15, 0.2) is 94.8 Å². The van der Waals surface area contributed by atoms with Crippen LogP contribution in [0.2, 0.25) is 0 Å². The number of aliphatic hydroxyl groups excluding tert-OH is 2. The topological polar surface area (TPSA) is 255 Å². The lowest BCUT2D eigenvalue weighted by molar-refractivity contribution is -0.168. The fourth-order valence-corrected chi connectivity index (χ4v) is 7.16. The van der Waals surface area contributed by atoms with E-state index in [2.05, 4.69) is 10.6 Å². The third kappa shape index (κ3) is 5.82. The number of aromatic hydroxyl groups is 1. The van der Waals surface area contributed by atoms with Crippen molar-refractivity contribution < 1.29 is 53.9 Å². The first-order valence-electron chi connectivity index (χ1n) is 15.9. The molecule has 16 heteroatoms. The molecule has 5 atom stereocenters. The monoisotopic (exact) mass is 712 g/mol. The summed E-state index contributed by atoms with van der Waals surface area (Å²) < 4.78 is 10.8. The summed E-state index contributed by atoms with van der Waals surface area (Å²) in [6, 6.07) is 19.5. The molecule has 1 saturated carbocycles. The third-order valence-electron chi connectivity index (χ3n) is 9.60. The van der Waals surface area contributed by atoms with Crippen molar-refractivity contribution in [1.29, 1.82) is 0 Å². The van der Waals surface area contributed by atoms with E-state index in [1.807, 2.05) is 0 Å². The molecule has 0 aromatic heterocycles. The number of fused-ring (bicyclic) bond motifs is 3. The fraction of sp³-hybridized carbons (Fsp3) is 0.250. The highest BCUT2D eigenvalue weighted by Crippen LogP contribution is 2.56. The number of amides is 3. The maximum atomic E-state index is 14.1. The number of rotatable bonds is 7. The van der Waals surface area contributed by atoms with Gasteiger partial charge in [0.05, 0.1) is 17.4 Å². The number of primary amides is 1. The number of nitroso groups, excluding NO2 is 1. The Labute approximate surface area is 294 Å². The number of nitrogens with one attached hydrogen (secondary N) is 1. The predicted octanol–water partition coefficient (Wildman–Crippen LogP) is 3.15. The molecule has 52 heavy (non-hydrogen) atoms. The number of allylic oxidation sites excluding steroid dienone is 1. The summed E-state index contributed by atoms with van der Waals surface area (Å²) in [5.74, 6) is -10.3. The minimum absolute atomic E-state index is 0.0622. The number of hydrazine groups is 1. The van der Waals surface area contributed by atoms with E-state index in [0.29, 0.717) is 16.1 Å². The molecule has 3 aromatic rings. The molecule has 0 bridgehead atoms. The number of nitrogens with zero attached hydrogens (tertiary/aromatic N) is 2. The molecule has 0 heterocycles. The van der Waals surface area contributed by atoms with Crippen LogP contribution in [0.5, 0.6) is 5.75 Å². The molecular formula is C36H32N4O12. The SMILES string of the molecule is C[C@H]1c2c(N(NC(=O)OCc3ccccc3)C(=O)OCc3ccccc3)ccc(O)c2C(O)=C2C(=O)[C@]3(O)C(=O)C(C(N)=O)=C(N=O)C[C@@H]3[C@@H](O)[C@@H]21. The first kappa shape index (κ1) is 35.4. The molecule has 16 nitrogen and oxygen atoms in total. The summed E-state index contributed by atoms with van der Waals surface area (Å²) in [5, 5.41) is 49.4. The number of hydrogen-bond acceptors (Lipinski definition) is 13. The Balaban J connectivity index is 1.44. The van der Waals surface area contributed by atoms with Crippen molar-refractivity contribution in [1.82, 2.24) is 5.43 Å². The molecule has 1 fully saturated rings. The number of carbonyl (C=O) groups is 5. The summed E-state index contributed by atoms with van der Waals surface area (Å²) >= 11 is 0. The molecule has 268 valence electrons. The largest absolute Gasteiger partial charge is 0.507 e. The van der Waals surface area contributed by atoms with Crippen molar-refractivity contribution in [3.05, 3.63) is 117 Å². The molecule has 0 unspecified atom stereocenters. The van der Waals surface area contributed by atoms with Crippen LogP contribution in [0.1, 0.15) is 41.5 Å². The van der Waals surface area contributed by atoms with Crippen molar-refractivity contribution in [2.24, 2.45) is 22.7 Å². The van der Waals surface area contributed by atoms with E-state index in [-0.39, 0.29) is 24.5 Å². The van der Waals surface area contributed by atoms with E-state index < -0.39 is 99.5 Å². The van der Waals surface area contributed by atoms with Gasteiger partial charge < -0.3 is 35.6 Å². The third-order valence-corrected chi connectivity index (χ3v) is 9.60. The Kier molecular flexibility index (Phi) is 9.36. The van der Waals surface area contributed by atoms with Crippen LogP contribution < -0.4 is 16.2 Å². The number of phenols is 1. The number of ether oxygens (including phenoxy) is 2. The molecule has 0 radical (unpaired) electrons. The highest BCUT2D eigenvalue weighted by molar-refractivity contribution is 6.33. The molecule has 7 N–H and O–H groups in total. The second-order valence-corrected chi connectivity index (χ2v) is 12.5. The average molecular weight is 713 g/mol. The first-order chi connectivity index (χ1) is 24.8. The van der Waals surface area contributed by atoms with Gasteiger partial charge in [-0.2, -0.15) is 5.01 Å². The normalized spacial score (nSPS) is 23.5.